The van der Waals surface area contributed by atoms with Crippen LogP contribution in [0.1, 0.15) is 17.0 Å². The van der Waals surface area contributed by atoms with E-state index in [9.17, 15) is 9.59 Å². The van der Waals surface area contributed by atoms with Crippen molar-refractivity contribution in [1.29, 1.82) is 0 Å². The topological polar surface area (TPSA) is 80.0 Å². The minimum atomic E-state index is -0.935. The molecule has 1 aliphatic heterocycles. The highest BCUT2D eigenvalue weighted by atomic mass is 79.9. The van der Waals surface area contributed by atoms with Gasteiger partial charge >= 0.3 is 5.97 Å². The average molecular weight is 318 g/mol. The Hall–Kier alpha value is -1.34. The van der Waals surface area contributed by atoms with Crippen LogP contribution in [0.3, 0.4) is 0 Å². The average Bonchev–Trinajstić information content (AvgIpc) is 2.74. The third-order valence-electron chi connectivity index (χ3n) is 2.61. The lowest BCUT2D eigenvalue weighted by Crippen LogP contribution is -2.46. The monoisotopic (exact) mass is 317 g/mol. The zero-order valence-corrected chi connectivity index (χ0v) is 11.1. The lowest BCUT2D eigenvalue weighted by atomic mass is 10.2. The number of halogens is 1. The molecule has 18 heavy (non-hydrogen) atoms. The van der Waals surface area contributed by atoms with Gasteiger partial charge < -0.3 is 19.2 Å². The Bertz CT molecular complexity index is 458. The summed E-state index contributed by atoms with van der Waals surface area (Å²) in [6, 6.07) is 3.22. The van der Waals surface area contributed by atoms with E-state index in [0.717, 1.165) is 0 Å². The molecule has 0 aromatic carbocycles. The largest absolute Gasteiger partial charge is 0.481 e. The van der Waals surface area contributed by atoms with Gasteiger partial charge in [-0.05, 0) is 28.1 Å². The van der Waals surface area contributed by atoms with E-state index in [1.807, 2.05) is 0 Å². The van der Waals surface area contributed by atoms with Crippen LogP contribution < -0.4 is 0 Å². The molecule has 7 heteroatoms. The van der Waals surface area contributed by atoms with E-state index < -0.39 is 12.1 Å². The van der Waals surface area contributed by atoms with Crippen molar-refractivity contribution in [2.24, 2.45) is 0 Å². The molecule has 98 valence electrons. The zero-order valence-electron chi connectivity index (χ0n) is 9.47. The summed E-state index contributed by atoms with van der Waals surface area (Å²) in [7, 11) is 0. The first-order valence-electron chi connectivity index (χ1n) is 5.44. The molecule has 0 bridgehead atoms. The van der Waals surface area contributed by atoms with Gasteiger partial charge in [0.2, 0.25) is 0 Å². The number of rotatable bonds is 3. The van der Waals surface area contributed by atoms with E-state index in [-0.39, 0.29) is 24.6 Å². The summed E-state index contributed by atoms with van der Waals surface area (Å²) in [5.41, 5.74) is 0. The normalized spacial score (nSPS) is 19.8. The highest BCUT2D eigenvalue weighted by molar-refractivity contribution is 9.10. The summed E-state index contributed by atoms with van der Waals surface area (Å²) in [5, 5.41) is 8.70. The van der Waals surface area contributed by atoms with Gasteiger partial charge in [-0.15, -0.1) is 0 Å². The summed E-state index contributed by atoms with van der Waals surface area (Å²) in [6.45, 7) is 1.04. The number of hydrogen-bond acceptors (Lipinski definition) is 4. The highest BCUT2D eigenvalue weighted by Crippen LogP contribution is 2.18. The maximum absolute atomic E-state index is 12.1. The molecule has 0 aliphatic carbocycles. The lowest BCUT2D eigenvalue weighted by Gasteiger charge is -2.31. The van der Waals surface area contributed by atoms with Gasteiger partial charge in [0.15, 0.2) is 10.4 Å². The van der Waals surface area contributed by atoms with Crippen molar-refractivity contribution in [3.63, 3.8) is 0 Å². The van der Waals surface area contributed by atoms with Crippen LogP contribution in [0.15, 0.2) is 21.2 Å². The fourth-order valence-corrected chi connectivity index (χ4v) is 2.11. The molecule has 2 rings (SSSR count). The molecule has 1 saturated heterocycles. The van der Waals surface area contributed by atoms with Gasteiger partial charge in [0.25, 0.3) is 5.91 Å². The number of hydrogen-bond donors (Lipinski definition) is 1. The highest BCUT2D eigenvalue weighted by Gasteiger charge is 2.27. The predicted octanol–water partition coefficient (Wildman–Crippen LogP) is 1.36. The second-order valence-corrected chi connectivity index (χ2v) is 4.73. The summed E-state index contributed by atoms with van der Waals surface area (Å²) in [5.74, 6) is -0.952. The molecule has 1 amide bonds. The first-order chi connectivity index (χ1) is 8.56. The fraction of sp³-hybridized carbons (Fsp3) is 0.455. The molecular weight excluding hydrogens is 306 g/mol. The van der Waals surface area contributed by atoms with Crippen molar-refractivity contribution in [2.45, 2.75) is 12.5 Å². The summed E-state index contributed by atoms with van der Waals surface area (Å²) in [4.78, 5) is 24.2. The van der Waals surface area contributed by atoms with Crippen LogP contribution in [0.25, 0.3) is 0 Å². The van der Waals surface area contributed by atoms with E-state index in [4.69, 9.17) is 14.3 Å². The molecule has 1 aromatic rings. The number of carbonyl (C=O) groups is 2. The van der Waals surface area contributed by atoms with Gasteiger partial charge in [0.1, 0.15) is 0 Å². The van der Waals surface area contributed by atoms with Crippen LogP contribution in [-0.4, -0.2) is 47.7 Å². The SMILES string of the molecule is O=C(O)CC1CN(C(=O)c2ccc(Br)o2)CCO1. The third-order valence-corrected chi connectivity index (χ3v) is 3.04. The van der Waals surface area contributed by atoms with Crippen molar-refractivity contribution < 1.29 is 23.8 Å². The third kappa shape index (κ3) is 3.11. The fourth-order valence-electron chi connectivity index (χ4n) is 1.81. The Morgan fingerprint density at radius 1 is 1.50 bits per heavy atom. The number of morpholine rings is 1. The summed E-state index contributed by atoms with van der Waals surface area (Å²) >= 11 is 3.13. The number of nitrogens with zero attached hydrogens (tertiary/aromatic N) is 1. The van der Waals surface area contributed by atoms with Crippen LogP contribution in [0, 0.1) is 0 Å². The van der Waals surface area contributed by atoms with Gasteiger partial charge in [-0.25, -0.2) is 0 Å². The number of aliphatic carboxylic acids is 1. The molecule has 0 saturated carbocycles. The van der Waals surface area contributed by atoms with Gasteiger partial charge in [0, 0.05) is 13.1 Å². The van der Waals surface area contributed by atoms with Crippen molar-refractivity contribution >= 4 is 27.8 Å². The molecular formula is C11H12BrNO5. The number of carboxylic acid groups (broad SMARTS) is 1. The maximum atomic E-state index is 12.1. The second kappa shape index (κ2) is 5.53. The Balaban J connectivity index is 2.00. The number of ether oxygens (including phenoxy) is 1. The zero-order chi connectivity index (χ0) is 13.1. The molecule has 0 radical (unpaired) electrons. The number of carbonyl (C=O) groups excluding carboxylic acids is 1. The van der Waals surface area contributed by atoms with E-state index in [2.05, 4.69) is 15.9 Å². The minimum Gasteiger partial charge on any atom is -0.481 e. The smallest absolute Gasteiger partial charge is 0.306 e. The first kappa shape index (κ1) is 13.1. The van der Waals surface area contributed by atoms with Crippen LogP contribution in [-0.2, 0) is 9.53 Å². The molecule has 0 spiro atoms. The van der Waals surface area contributed by atoms with Crippen LogP contribution in [0.2, 0.25) is 0 Å². The van der Waals surface area contributed by atoms with E-state index >= 15 is 0 Å². The van der Waals surface area contributed by atoms with Crippen molar-refractivity contribution in [1.82, 2.24) is 4.90 Å². The molecule has 1 aliphatic rings. The Kier molecular flexibility index (Phi) is 4.03. The number of furan rings is 1. The number of amides is 1. The maximum Gasteiger partial charge on any atom is 0.306 e. The Labute approximate surface area is 112 Å². The minimum absolute atomic E-state index is 0.106. The Morgan fingerprint density at radius 3 is 2.89 bits per heavy atom. The van der Waals surface area contributed by atoms with E-state index in [1.165, 1.54) is 0 Å². The molecule has 1 N–H and O–H groups in total. The molecule has 6 nitrogen and oxygen atoms in total. The molecule has 1 aromatic heterocycles. The Morgan fingerprint density at radius 2 is 2.28 bits per heavy atom. The van der Waals surface area contributed by atoms with Gasteiger partial charge in [0.05, 0.1) is 19.1 Å². The summed E-state index contributed by atoms with van der Waals surface area (Å²) in [6.07, 6.45) is -0.565. The molecule has 1 fully saturated rings. The summed E-state index contributed by atoms with van der Waals surface area (Å²) < 4.78 is 11.0. The van der Waals surface area contributed by atoms with Gasteiger partial charge in [-0.2, -0.15) is 0 Å². The first-order valence-corrected chi connectivity index (χ1v) is 6.23. The van der Waals surface area contributed by atoms with Crippen LogP contribution in [0.5, 0.6) is 0 Å². The second-order valence-electron chi connectivity index (χ2n) is 3.95. The number of carboxylic acids is 1. The standard InChI is InChI=1S/C11H12BrNO5/c12-9-2-1-8(18-9)11(16)13-3-4-17-7(6-13)5-10(14)15/h1-2,7H,3-6H2,(H,14,15). The molecule has 1 unspecified atom stereocenters. The van der Waals surface area contributed by atoms with Crippen molar-refractivity contribution in [3.05, 3.63) is 22.6 Å². The van der Waals surface area contributed by atoms with E-state index in [1.54, 1.807) is 17.0 Å². The predicted molar refractivity (Wildman–Crippen MR) is 64.3 cm³/mol. The van der Waals surface area contributed by atoms with Gasteiger partial charge in [-0.3, -0.25) is 9.59 Å². The van der Waals surface area contributed by atoms with Crippen LogP contribution in [0.4, 0.5) is 0 Å². The van der Waals surface area contributed by atoms with Gasteiger partial charge in [-0.1, -0.05) is 0 Å². The van der Waals surface area contributed by atoms with E-state index in [0.29, 0.717) is 17.8 Å². The lowest BCUT2D eigenvalue weighted by molar-refractivity contribution is -0.141. The quantitative estimate of drug-likeness (QED) is 0.910. The molecule has 2 heterocycles. The van der Waals surface area contributed by atoms with Crippen molar-refractivity contribution in [2.75, 3.05) is 19.7 Å². The van der Waals surface area contributed by atoms with Crippen LogP contribution >= 0.6 is 15.9 Å². The van der Waals surface area contributed by atoms with Crippen molar-refractivity contribution in [3.8, 4) is 0 Å². The molecule has 1 atom stereocenters.